The van der Waals surface area contributed by atoms with Gasteiger partial charge >= 0.3 is 6.03 Å². The van der Waals surface area contributed by atoms with Gasteiger partial charge in [-0.25, -0.2) is 9.78 Å². The highest BCUT2D eigenvalue weighted by Crippen LogP contribution is 2.34. The Morgan fingerprint density at radius 3 is 2.83 bits per heavy atom. The van der Waals surface area contributed by atoms with Crippen molar-refractivity contribution in [2.45, 2.75) is 57.0 Å². The summed E-state index contributed by atoms with van der Waals surface area (Å²) in [4.78, 5) is 30.5. The molecule has 1 unspecified atom stereocenters. The second kappa shape index (κ2) is 6.57. The van der Waals surface area contributed by atoms with E-state index in [4.69, 9.17) is 4.74 Å². The Bertz CT molecular complexity index is 597. The average Bonchev–Trinajstić information content (AvgIpc) is 3.08. The zero-order chi connectivity index (χ0) is 16.4. The van der Waals surface area contributed by atoms with Crippen LogP contribution in [0.4, 0.5) is 4.79 Å². The first-order valence-electron chi connectivity index (χ1n) is 8.11. The fourth-order valence-electron chi connectivity index (χ4n) is 3.37. The van der Waals surface area contributed by atoms with Crippen molar-refractivity contribution in [3.05, 3.63) is 16.1 Å². The highest BCUT2D eigenvalue weighted by Gasteiger charge is 2.48. The van der Waals surface area contributed by atoms with Gasteiger partial charge in [0.25, 0.3) is 5.91 Å². The lowest BCUT2D eigenvalue weighted by Gasteiger charge is -2.20. The first-order chi connectivity index (χ1) is 11.0. The van der Waals surface area contributed by atoms with Crippen LogP contribution < -0.4 is 5.32 Å². The topological polar surface area (TPSA) is 71.5 Å². The smallest absolute Gasteiger partial charge is 0.325 e. The van der Waals surface area contributed by atoms with E-state index in [1.807, 2.05) is 5.38 Å². The van der Waals surface area contributed by atoms with Crippen LogP contribution in [-0.2, 0) is 16.1 Å². The predicted molar refractivity (Wildman–Crippen MR) is 87.3 cm³/mol. The molecule has 3 rings (SSSR count). The molecule has 7 heteroatoms. The molecule has 1 aromatic heterocycles. The van der Waals surface area contributed by atoms with Crippen molar-refractivity contribution < 1.29 is 14.3 Å². The van der Waals surface area contributed by atoms with E-state index in [0.29, 0.717) is 5.92 Å². The molecule has 1 aliphatic carbocycles. The molecule has 1 aromatic rings. The standard InChI is InChI=1S/C16H23N3O3S/c1-16(10-22-2)14(20)19(15(21)18-16)8-12-9-23-13(17-12)11-6-4-3-5-7-11/h9,11H,3-8,10H2,1-2H3,(H,18,21). The van der Waals surface area contributed by atoms with Gasteiger partial charge in [-0.05, 0) is 19.8 Å². The van der Waals surface area contributed by atoms with Crippen molar-refractivity contribution >= 4 is 23.3 Å². The van der Waals surface area contributed by atoms with E-state index in [0.717, 1.165) is 10.7 Å². The van der Waals surface area contributed by atoms with E-state index in [2.05, 4.69) is 10.3 Å². The fourth-order valence-corrected chi connectivity index (χ4v) is 4.35. The van der Waals surface area contributed by atoms with Crippen LogP contribution in [-0.4, -0.2) is 41.1 Å². The Labute approximate surface area is 140 Å². The molecular weight excluding hydrogens is 314 g/mol. The summed E-state index contributed by atoms with van der Waals surface area (Å²) in [5.74, 6) is 0.293. The van der Waals surface area contributed by atoms with Crippen molar-refractivity contribution in [2.24, 2.45) is 0 Å². The maximum absolute atomic E-state index is 12.5. The fraction of sp³-hybridized carbons (Fsp3) is 0.688. The van der Waals surface area contributed by atoms with Gasteiger partial charge in [0.05, 0.1) is 23.9 Å². The number of nitrogens with zero attached hydrogens (tertiary/aromatic N) is 2. The van der Waals surface area contributed by atoms with Gasteiger partial charge in [-0.1, -0.05) is 19.3 Å². The molecule has 0 aromatic carbocycles. The molecule has 6 nitrogen and oxygen atoms in total. The number of carbonyl (C=O) groups is 2. The number of methoxy groups -OCH3 is 1. The Balaban J connectivity index is 1.68. The van der Waals surface area contributed by atoms with Gasteiger partial charge in [-0.3, -0.25) is 9.69 Å². The molecule has 0 bridgehead atoms. The number of urea groups is 1. The Kier molecular flexibility index (Phi) is 4.68. The highest BCUT2D eigenvalue weighted by molar-refractivity contribution is 7.09. The summed E-state index contributed by atoms with van der Waals surface area (Å²) < 4.78 is 5.05. The normalized spacial score (nSPS) is 25.9. The van der Waals surface area contributed by atoms with Gasteiger partial charge in [0.1, 0.15) is 5.54 Å². The van der Waals surface area contributed by atoms with E-state index in [9.17, 15) is 9.59 Å². The number of amides is 3. The Morgan fingerprint density at radius 2 is 2.13 bits per heavy atom. The molecule has 2 heterocycles. The molecule has 1 saturated carbocycles. The Hall–Kier alpha value is -1.47. The van der Waals surface area contributed by atoms with E-state index in [1.165, 1.54) is 44.1 Å². The minimum absolute atomic E-state index is 0.165. The van der Waals surface area contributed by atoms with Gasteiger partial charge in [0, 0.05) is 18.4 Å². The number of hydrogen-bond acceptors (Lipinski definition) is 5. The maximum Gasteiger partial charge on any atom is 0.325 e. The van der Waals surface area contributed by atoms with E-state index >= 15 is 0 Å². The molecule has 1 atom stereocenters. The SMILES string of the molecule is COCC1(C)NC(=O)N(Cc2csc(C3CCCCC3)n2)C1=O. The van der Waals surface area contributed by atoms with Crippen LogP contribution in [0.1, 0.15) is 55.6 Å². The highest BCUT2D eigenvalue weighted by atomic mass is 32.1. The number of nitrogens with one attached hydrogen (secondary N) is 1. The third-order valence-electron chi connectivity index (χ3n) is 4.62. The zero-order valence-corrected chi connectivity index (χ0v) is 14.4. The lowest BCUT2D eigenvalue weighted by molar-refractivity contribution is -0.132. The monoisotopic (exact) mass is 337 g/mol. The second-order valence-electron chi connectivity index (χ2n) is 6.60. The van der Waals surface area contributed by atoms with E-state index < -0.39 is 5.54 Å². The molecular formula is C16H23N3O3S. The molecule has 1 saturated heterocycles. The van der Waals surface area contributed by atoms with E-state index in [1.54, 1.807) is 18.3 Å². The van der Waals surface area contributed by atoms with Gasteiger partial charge < -0.3 is 10.1 Å². The van der Waals surface area contributed by atoms with Gasteiger partial charge in [0.2, 0.25) is 0 Å². The van der Waals surface area contributed by atoms with Crippen molar-refractivity contribution in [1.29, 1.82) is 0 Å². The molecule has 126 valence electrons. The lowest BCUT2D eigenvalue weighted by atomic mass is 9.90. The van der Waals surface area contributed by atoms with Crippen LogP contribution in [0.2, 0.25) is 0 Å². The summed E-state index contributed by atoms with van der Waals surface area (Å²) in [7, 11) is 1.52. The third-order valence-corrected chi connectivity index (χ3v) is 5.68. The van der Waals surface area contributed by atoms with Crippen LogP contribution in [0.25, 0.3) is 0 Å². The van der Waals surface area contributed by atoms with Crippen LogP contribution in [0.15, 0.2) is 5.38 Å². The largest absolute Gasteiger partial charge is 0.382 e. The molecule has 3 amide bonds. The maximum atomic E-state index is 12.5. The van der Waals surface area contributed by atoms with Crippen LogP contribution in [0.3, 0.4) is 0 Å². The molecule has 1 N–H and O–H groups in total. The number of carbonyl (C=O) groups excluding carboxylic acids is 2. The zero-order valence-electron chi connectivity index (χ0n) is 13.6. The number of rotatable bonds is 5. The molecule has 0 spiro atoms. The van der Waals surface area contributed by atoms with Crippen LogP contribution >= 0.6 is 11.3 Å². The summed E-state index contributed by atoms with van der Waals surface area (Å²) in [5.41, 5.74) is -0.186. The summed E-state index contributed by atoms with van der Waals surface area (Å²) in [6.45, 7) is 2.08. The molecule has 2 fully saturated rings. The predicted octanol–water partition coefficient (Wildman–Crippen LogP) is 2.65. The summed E-state index contributed by atoms with van der Waals surface area (Å²) >= 11 is 1.65. The average molecular weight is 337 g/mol. The van der Waals surface area contributed by atoms with Crippen molar-refractivity contribution in [3.8, 4) is 0 Å². The number of aromatic nitrogens is 1. The quantitative estimate of drug-likeness (QED) is 0.839. The first kappa shape index (κ1) is 16.4. The minimum atomic E-state index is -0.978. The Morgan fingerprint density at radius 1 is 1.39 bits per heavy atom. The number of thiazole rings is 1. The number of ether oxygens (including phenoxy) is 1. The van der Waals surface area contributed by atoms with Crippen LogP contribution in [0.5, 0.6) is 0 Å². The van der Waals surface area contributed by atoms with Crippen molar-refractivity contribution in [1.82, 2.24) is 15.2 Å². The number of imide groups is 1. The lowest BCUT2D eigenvalue weighted by Crippen LogP contribution is -2.47. The van der Waals surface area contributed by atoms with Gasteiger partial charge in [-0.15, -0.1) is 11.3 Å². The van der Waals surface area contributed by atoms with Gasteiger partial charge in [0.15, 0.2) is 0 Å². The minimum Gasteiger partial charge on any atom is -0.382 e. The van der Waals surface area contributed by atoms with Gasteiger partial charge in [-0.2, -0.15) is 0 Å². The summed E-state index contributed by atoms with van der Waals surface area (Å²) in [6.07, 6.45) is 6.24. The molecule has 1 aliphatic heterocycles. The molecule has 23 heavy (non-hydrogen) atoms. The first-order valence-corrected chi connectivity index (χ1v) is 8.99. The molecule has 0 radical (unpaired) electrons. The van der Waals surface area contributed by atoms with Crippen molar-refractivity contribution in [3.63, 3.8) is 0 Å². The van der Waals surface area contributed by atoms with E-state index in [-0.39, 0.29) is 25.1 Å². The van der Waals surface area contributed by atoms with Crippen LogP contribution in [0, 0.1) is 0 Å². The summed E-state index contributed by atoms with van der Waals surface area (Å²) in [6, 6.07) is -0.373. The summed E-state index contributed by atoms with van der Waals surface area (Å²) in [5, 5.41) is 5.82. The number of hydrogen-bond donors (Lipinski definition) is 1. The molecule has 2 aliphatic rings. The second-order valence-corrected chi connectivity index (χ2v) is 7.49. The van der Waals surface area contributed by atoms with Crippen molar-refractivity contribution in [2.75, 3.05) is 13.7 Å². The third kappa shape index (κ3) is 3.26.